The minimum Gasteiger partial charge on any atom is -0.277 e. The minimum atomic E-state index is 0.274. The lowest BCUT2D eigenvalue weighted by Gasteiger charge is -2.00. The van der Waals surface area contributed by atoms with Gasteiger partial charge >= 0.3 is 0 Å². The SMILES string of the molecule is N#C/C(=N/Nc1ccc2ncsc2c1)c1nc2ccccc2s1. The second-order valence-electron chi connectivity index (χ2n) is 4.71. The van der Waals surface area contributed by atoms with E-state index in [0.29, 0.717) is 5.01 Å². The predicted octanol–water partition coefficient (Wildman–Crippen LogP) is 4.25. The standard InChI is InChI=1S/C16H9N5S2/c17-8-13(16-19-12-3-1-2-4-14(12)23-16)21-20-10-5-6-11-15(7-10)22-9-18-11/h1-7,9,20H/b21-13-. The predicted molar refractivity (Wildman–Crippen MR) is 95.0 cm³/mol. The summed E-state index contributed by atoms with van der Waals surface area (Å²) in [4.78, 5) is 8.69. The van der Waals surface area contributed by atoms with Gasteiger partial charge in [0.05, 0.1) is 31.6 Å². The Labute approximate surface area is 139 Å². The first-order chi connectivity index (χ1) is 11.3. The number of anilines is 1. The van der Waals surface area contributed by atoms with Crippen LogP contribution in [0.5, 0.6) is 0 Å². The number of nitriles is 1. The van der Waals surface area contributed by atoms with Crippen LogP contribution >= 0.6 is 22.7 Å². The quantitative estimate of drug-likeness (QED) is 0.449. The first-order valence-corrected chi connectivity index (χ1v) is 8.46. The van der Waals surface area contributed by atoms with Crippen LogP contribution in [0.2, 0.25) is 0 Å². The highest BCUT2D eigenvalue weighted by Crippen LogP contribution is 2.23. The van der Waals surface area contributed by atoms with Gasteiger partial charge in [-0.25, -0.2) is 9.97 Å². The smallest absolute Gasteiger partial charge is 0.196 e. The van der Waals surface area contributed by atoms with Gasteiger partial charge in [0.1, 0.15) is 6.07 Å². The molecule has 7 heteroatoms. The van der Waals surface area contributed by atoms with E-state index in [2.05, 4.69) is 26.6 Å². The fourth-order valence-corrected chi connectivity index (χ4v) is 3.76. The van der Waals surface area contributed by atoms with Gasteiger partial charge in [-0.05, 0) is 30.3 Å². The van der Waals surface area contributed by atoms with Crippen molar-refractivity contribution in [3.63, 3.8) is 0 Å². The number of thiazole rings is 2. The first-order valence-electron chi connectivity index (χ1n) is 6.76. The molecule has 0 fully saturated rings. The van der Waals surface area contributed by atoms with Gasteiger partial charge in [-0.2, -0.15) is 10.4 Å². The number of rotatable bonds is 3. The van der Waals surface area contributed by atoms with E-state index in [1.165, 1.54) is 11.3 Å². The lowest BCUT2D eigenvalue weighted by atomic mass is 10.3. The van der Waals surface area contributed by atoms with Crippen molar-refractivity contribution >= 4 is 54.5 Å². The van der Waals surface area contributed by atoms with Crippen LogP contribution < -0.4 is 5.43 Å². The lowest BCUT2D eigenvalue weighted by Crippen LogP contribution is -2.01. The molecule has 23 heavy (non-hydrogen) atoms. The summed E-state index contributed by atoms with van der Waals surface area (Å²) < 4.78 is 2.11. The van der Waals surface area contributed by atoms with E-state index in [1.54, 1.807) is 16.8 Å². The number of fused-ring (bicyclic) bond motifs is 2. The van der Waals surface area contributed by atoms with Crippen LogP contribution in [0.15, 0.2) is 53.1 Å². The Kier molecular flexibility index (Phi) is 3.46. The summed E-state index contributed by atoms with van der Waals surface area (Å²) in [5.74, 6) is 0. The average molecular weight is 335 g/mol. The zero-order valence-corrected chi connectivity index (χ0v) is 13.4. The van der Waals surface area contributed by atoms with Crippen LogP contribution in [-0.2, 0) is 0 Å². The van der Waals surface area contributed by atoms with E-state index in [0.717, 1.165) is 26.1 Å². The Morgan fingerprint density at radius 3 is 2.91 bits per heavy atom. The van der Waals surface area contributed by atoms with Gasteiger partial charge in [-0.1, -0.05) is 12.1 Å². The largest absolute Gasteiger partial charge is 0.277 e. The van der Waals surface area contributed by atoms with Crippen molar-refractivity contribution in [2.75, 3.05) is 5.43 Å². The number of aromatic nitrogens is 2. The third-order valence-electron chi connectivity index (χ3n) is 3.23. The number of benzene rings is 2. The van der Waals surface area contributed by atoms with Crippen LogP contribution in [0, 0.1) is 11.3 Å². The molecule has 0 bridgehead atoms. The van der Waals surface area contributed by atoms with Crippen LogP contribution in [0.3, 0.4) is 0 Å². The maximum Gasteiger partial charge on any atom is 0.196 e. The molecule has 2 aromatic heterocycles. The highest BCUT2D eigenvalue weighted by Gasteiger charge is 2.10. The molecule has 0 aliphatic rings. The molecule has 0 radical (unpaired) electrons. The maximum atomic E-state index is 9.36. The zero-order chi connectivity index (χ0) is 15.6. The van der Waals surface area contributed by atoms with Crippen molar-refractivity contribution in [3.05, 3.63) is 53.0 Å². The van der Waals surface area contributed by atoms with Gasteiger partial charge < -0.3 is 0 Å². The fourth-order valence-electron chi connectivity index (χ4n) is 2.14. The van der Waals surface area contributed by atoms with Crippen molar-refractivity contribution in [1.29, 1.82) is 5.26 Å². The minimum absolute atomic E-state index is 0.274. The van der Waals surface area contributed by atoms with E-state index in [1.807, 2.05) is 42.5 Å². The molecule has 2 heterocycles. The number of hydrazone groups is 1. The topological polar surface area (TPSA) is 74.0 Å². The van der Waals surface area contributed by atoms with Crippen LogP contribution in [0.25, 0.3) is 20.4 Å². The summed E-state index contributed by atoms with van der Waals surface area (Å²) >= 11 is 3.02. The molecule has 0 saturated heterocycles. The highest BCUT2D eigenvalue weighted by atomic mass is 32.1. The molecular formula is C16H9N5S2. The second kappa shape index (κ2) is 5.76. The monoisotopic (exact) mass is 335 g/mol. The summed E-state index contributed by atoms with van der Waals surface area (Å²) in [6, 6.07) is 15.7. The summed E-state index contributed by atoms with van der Waals surface area (Å²) in [7, 11) is 0. The van der Waals surface area contributed by atoms with Crippen LogP contribution in [0.4, 0.5) is 5.69 Å². The molecule has 0 spiro atoms. The molecular weight excluding hydrogens is 326 g/mol. The van der Waals surface area contributed by atoms with Gasteiger partial charge in [0, 0.05) is 0 Å². The van der Waals surface area contributed by atoms with Crippen molar-refractivity contribution in [1.82, 2.24) is 9.97 Å². The Hall–Kier alpha value is -2.82. The fraction of sp³-hybridized carbons (Fsp3) is 0. The van der Waals surface area contributed by atoms with Crippen molar-refractivity contribution in [2.45, 2.75) is 0 Å². The Bertz CT molecular complexity index is 1040. The third-order valence-corrected chi connectivity index (χ3v) is 5.07. The third kappa shape index (κ3) is 2.65. The van der Waals surface area contributed by atoms with Crippen LogP contribution in [-0.4, -0.2) is 15.7 Å². The van der Waals surface area contributed by atoms with Crippen molar-refractivity contribution in [3.8, 4) is 6.07 Å². The molecule has 2 aromatic carbocycles. The molecule has 0 aliphatic heterocycles. The molecule has 110 valence electrons. The number of para-hydroxylation sites is 1. The first kappa shape index (κ1) is 13.8. The molecule has 4 aromatic rings. The molecule has 5 nitrogen and oxygen atoms in total. The summed E-state index contributed by atoms with van der Waals surface area (Å²) in [6.45, 7) is 0. The molecule has 0 aliphatic carbocycles. The van der Waals surface area contributed by atoms with E-state index >= 15 is 0 Å². The zero-order valence-electron chi connectivity index (χ0n) is 11.7. The highest BCUT2D eigenvalue weighted by molar-refractivity contribution is 7.20. The molecule has 0 amide bonds. The van der Waals surface area contributed by atoms with Crippen LogP contribution in [0.1, 0.15) is 5.01 Å². The van der Waals surface area contributed by atoms with Gasteiger partial charge in [-0.3, -0.25) is 5.43 Å². The summed E-state index contributed by atoms with van der Waals surface area (Å²) in [5.41, 5.74) is 7.66. The van der Waals surface area contributed by atoms with E-state index in [9.17, 15) is 5.26 Å². The molecule has 0 saturated carbocycles. The number of hydrogen-bond acceptors (Lipinski definition) is 7. The lowest BCUT2D eigenvalue weighted by molar-refractivity contribution is 1.32. The van der Waals surface area contributed by atoms with Gasteiger partial charge in [0.15, 0.2) is 10.7 Å². The molecule has 0 unspecified atom stereocenters. The van der Waals surface area contributed by atoms with E-state index < -0.39 is 0 Å². The molecule has 0 atom stereocenters. The van der Waals surface area contributed by atoms with E-state index in [-0.39, 0.29) is 5.71 Å². The van der Waals surface area contributed by atoms with Gasteiger partial charge in [0.2, 0.25) is 0 Å². The van der Waals surface area contributed by atoms with Crippen molar-refractivity contribution < 1.29 is 0 Å². The second-order valence-corrected chi connectivity index (χ2v) is 6.62. The Balaban J connectivity index is 1.65. The van der Waals surface area contributed by atoms with Gasteiger partial charge in [0.25, 0.3) is 0 Å². The summed E-state index contributed by atoms with van der Waals surface area (Å²) in [5, 5.41) is 14.2. The number of hydrogen-bond donors (Lipinski definition) is 1. The van der Waals surface area contributed by atoms with Gasteiger partial charge in [-0.15, -0.1) is 22.7 Å². The number of nitrogens with zero attached hydrogens (tertiary/aromatic N) is 4. The molecule has 4 rings (SSSR count). The summed E-state index contributed by atoms with van der Waals surface area (Å²) in [6.07, 6.45) is 0. The average Bonchev–Trinajstić information content (AvgIpc) is 3.21. The Morgan fingerprint density at radius 2 is 2.04 bits per heavy atom. The maximum absolute atomic E-state index is 9.36. The Morgan fingerprint density at radius 1 is 1.13 bits per heavy atom. The molecule has 1 N–H and O–H groups in total. The van der Waals surface area contributed by atoms with Crippen molar-refractivity contribution in [2.24, 2.45) is 5.10 Å². The normalized spacial score (nSPS) is 11.7. The number of nitrogens with one attached hydrogen (secondary N) is 1. The van der Waals surface area contributed by atoms with E-state index in [4.69, 9.17) is 0 Å².